The topological polar surface area (TPSA) is 108 Å². The number of hydrogen-bond acceptors (Lipinski definition) is 7. The van der Waals surface area contributed by atoms with Crippen LogP contribution in [-0.2, 0) is 11.2 Å². The van der Waals surface area contributed by atoms with Gasteiger partial charge in [-0.15, -0.1) is 15.3 Å². The Morgan fingerprint density at radius 1 is 1.06 bits per heavy atom. The van der Waals surface area contributed by atoms with Gasteiger partial charge in [0, 0.05) is 36.0 Å². The van der Waals surface area contributed by atoms with E-state index in [0.717, 1.165) is 17.0 Å². The maximum absolute atomic E-state index is 12.6. The standard InChI is InChI=1S/C21H23N7O3/c1-13-18(5-8-21(29)23-15-9-16(30-3)11-17(10-15)31-4)14(2)28(25-13)20-7-6-19-24-22-12-27(19)26-20/h6-7,9-12H,5,8H2,1-4H3,(H,23,29). The molecule has 0 saturated heterocycles. The van der Waals surface area contributed by atoms with E-state index < -0.39 is 0 Å². The number of carbonyl (C=O) groups is 1. The average molecular weight is 421 g/mol. The molecule has 0 aliphatic heterocycles. The van der Waals surface area contributed by atoms with Crippen LogP contribution in [0.25, 0.3) is 11.5 Å². The minimum absolute atomic E-state index is 0.106. The zero-order chi connectivity index (χ0) is 22.0. The molecule has 0 bridgehead atoms. The predicted octanol–water partition coefficient (Wildman–Crippen LogP) is 2.52. The van der Waals surface area contributed by atoms with Crippen LogP contribution in [0.3, 0.4) is 0 Å². The number of amides is 1. The third-order valence-electron chi connectivity index (χ3n) is 5.04. The first kappa shape index (κ1) is 20.3. The minimum Gasteiger partial charge on any atom is -0.497 e. The molecule has 0 aliphatic rings. The molecular formula is C21H23N7O3. The summed E-state index contributed by atoms with van der Waals surface area (Å²) < 4.78 is 13.9. The van der Waals surface area contributed by atoms with Gasteiger partial charge in [-0.25, -0.2) is 4.68 Å². The van der Waals surface area contributed by atoms with Crippen molar-refractivity contribution in [2.24, 2.45) is 0 Å². The van der Waals surface area contributed by atoms with Crippen LogP contribution in [0.5, 0.6) is 11.5 Å². The van der Waals surface area contributed by atoms with Gasteiger partial charge in [0.1, 0.15) is 17.8 Å². The predicted molar refractivity (Wildman–Crippen MR) is 114 cm³/mol. The Hall–Kier alpha value is -3.95. The van der Waals surface area contributed by atoms with E-state index in [9.17, 15) is 4.79 Å². The summed E-state index contributed by atoms with van der Waals surface area (Å²) in [7, 11) is 3.14. The maximum atomic E-state index is 12.6. The number of aryl methyl sites for hydroxylation is 1. The van der Waals surface area contributed by atoms with Gasteiger partial charge in [-0.05, 0) is 38.0 Å². The summed E-state index contributed by atoms with van der Waals surface area (Å²) in [6.07, 6.45) is 2.41. The van der Waals surface area contributed by atoms with Crippen molar-refractivity contribution in [3.05, 3.63) is 53.6 Å². The van der Waals surface area contributed by atoms with E-state index in [0.29, 0.717) is 41.5 Å². The summed E-state index contributed by atoms with van der Waals surface area (Å²) in [6, 6.07) is 8.93. The summed E-state index contributed by atoms with van der Waals surface area (Å²) >= 11 is 0. The molecule has 10 heteroatoms. The largest absolute Gasteiger partial charge is 0.497 e. The molecule has 1 aromatic carbocycles. The molecule has 0 radical (unpaired) electrons. The van der Waals surface area contributed by atoms with Crippen molar-refractivity contribution in [3.63, 3.8) is 0 Å². The summed E-state index contributed by atoms with van der Waals surface area (Å²) in [5.41, 5.74) is 4.10. The van der Waals surface area contributed by atoms with Crippen molar-refractivity contribution >= 4 is 17.2 Å². The normalized spacial score (nSPS) is 11.0. The van der Waals surface area contributed by atoms with Crippen LogP contribution in [0.4, 0.5) is 5.69 Å². The Labute approximate surface area is 178 Å². The highest BCUT2D eigenvalue weighted by atomic mass is 16.5. The van der Waals surface area contributed by atoms with E-state index in [2.05, 4.69) is 25.7 Å². The average Bonchev–Trinajstić information content (AvgIpc) is 3.35. The number of carbonyl (C=O) groups excluding carboxylic acids is 1. The molecule has 31 heavy (non-hydrogen) atoms. The molecule has 1 N–H and O–H groups in total. The van der Waals surface area contributed by atoms with E-state index in [1.165, 1.54) is 0 Å². The van der Waals surface area contributed by atoms with Crippen LogP contribution in [0.15, 0.2) is 36.7 Å². The zero-order valence-corrected chi connectivity index (χ0v) is 17.8. The lowest BCUT2D eigenvalue weighted by Crippen LogP contribution is -2.13. The SMILES string of the molecule is COc1cc(NC(=O)CCc2c(C)nn(-c3ccc4nncn4n3)c2C)cc(OC)c1. The third-order valence-corrected chi connectivity index (χ3v) is 5.04. The van der Waals surface area contributed by atoms with Gasteiger partial charge in [-0.2, -0.15) is 9.61 Å². The highest BCUT2D eigenvalue weighted by Gasteiger charge is 2.16. The number of fused-ring (bicyclic) bond motifs is 1. The maximum Gasteiger partial charge on any atom is 0.224 e. The van der Waals surface area contributed by atoms with Gasteiger partial charge in [0.25, 0.3) is 0 Å². The van der Waals surface area contributed by atoms with Gasteiger partial charge >= 0.3 is 0 Å². The molecule has 160 valence electrons. The Morgan fingerprint density at radius 3 is 2.52 bits per heavy atom. The smallest absolute Gasteiger partial charge is 0.224 e. The van der Waals surface area contributed by atoms with Crippen LogP contribution in [0.1, 0.15) is 23.4 Å². The van der Waals surface area contributed by atoms with E-state index in [1.807, 2.05) is 26.0 Å². The second kappa shape index (κ2) is 8.42. The summed E-state index contributed by atoms with van der Waals surface area (Å²) in [6.45, 7) is 3.90. The lowest BCUT2D eigenvalue weighted by atomic mass is 10.1. The van der Waals surface area contributed by atoms with Crippen molar-refractivity contribution in [3.8, 4) is 17.3 Å². The number of aromatic nitrogens is 6. The Kier molecular flexibility index (Phi) is 5.52. The highest BCUT2D eigenvalue weighted by Crippen LogP contribution is 2.26. The summed E-state index contributed by atoms with van der Waals surface area (Å²) in [5, 5.41) is 19.8. The van der Waals surface area contributed by atoms with Gasteiger partial charge in [0.2, 0.25) is 5.91 Å². The van der Waals surface area contributed by atoms with Gasteiger partial charge in [0.15, 0.2) is 11.5 Å². The van der Waals surface area contributed by atoms with Crippen LogP contribution >= 0.6 is 0 Å². The number of ether oxygens (including phenoxy) is 2. The monoisotopic (exact) mass is 421 g/mol. The molecule has 0 spiro atoms. The van der Waals surface area contributed by atoms with Crippen LogP contribution in [0, 0.1) is 13.8 Å². The molecular weight excluding hydrogens is 398 g/mol. The molecule has 10 nitrogen and oxygen atoms in total. The number of nitrogens with one attached hydrogen (secondary N) is 1. The van der Waals surface area contributed by atoms with Crippen molar-refractivity contribution in [2.45, 2.75) is 26.7 Å². The molecule has 0 fully saturated rings. The van der Waals surface area contributed by atoms with E-state index in [4.69, 9.17) is 9.47 Å². The molecule has 3 heterocycles. The molecule has 0 atom stereocenters. The van der Waals surface area contributed by atoms with Gasteiger partial charge in [-0.1, -0.05) is 0 Å². The first-order valence-corrected chi connectivity index (χ1v) is 9.74. The van der Waals surface area contributed by atoms with Crippen molar-refractivity contribution in [1.29, 1.82) is 0 Å². The molecule has 0 saturated carbocycles. The highest BCUT2D eigenvalue weighted by molar-refractivity contribution is 5.91. The fraction of sp³-hybridized carbons (Fsp3) is 0.286. The molecule has 4 rings (SSSR count). The van der Waals surface area contributed by atoms with E-state index >= 15 is 0 Å². The number of methoxy groups -OCH3 is 2. The first-order chi connectivity index (χ1) is 15.0. The number of nitrogens with zero attached hydrogens (tertiary/aromatic N) is 6. The van der Waals surface area contributed by atoms with E-state index in [1.54, 1.807) is 47.9 Å². The molecule has 4 aromatic rings. The number of anilines is 1. The Bertz CT molecular complexity index is 1220. The molecule has 0 unspecified atom stereocenters. The summed E-state index contributed by atoms with van der Waals surface area (Å²) in [5.74, 6) is 1.78. The van der Waals surface area contributed by atoms with Gasteiger partial charge in [-0.3, -0.25) is 4.79 Å². The van der Waals surface area contributed by atoms with Gasteiger partial charge in [0.05, 0.1) is 19.9 Å². The Balaban J connectivity index is 1.48. The van der Waals surface area contributed by atoms with E-state index in [-0.39, 0.29) is 5.91 Å². The fourth-order valence-corrected chi connectivity index (χ4v) is 3.43. The lowest BCUT2D eigenvalue weighted by molar-refractivity contribution is -0.116. The first-order valence-electron chi connectivity index (χ1n) is 9.74. The van der Waals surface area contributed by atoms with Crippen LogP contribution < -0.4 is 14.8 Å². The third kappa shape index (κ3) is 4.18. The Morgan fingerprint density at radius 2 is 1.81 bits per heavy atom. The second-order valence-electron chi connectivity index (χ2n) is 7.04. The number of rotatable bonds is 7. The van der Waals surface area contributed by atoms with Crippen LogP contribution in [-0.4, -0.2) is 49.7 Å². The zero-order valence-electron chi connectivity index (χ0n) is 17.8. The summed E-state index contributed by atoms with van der Waals surface area (Å²) in [4.78, 5) is 12.6. The molecule has 0 aliphatic carbocycles. The fourth-order valence-electron chi connectivity index (χ4n) is 3.43. The molecule has 3 aromatic heterocycles. The van der Waals surface area contributed by atoms with Gasteiger partial charge < -0.3 is 14.8 Å². The lowest BCUT2D eigenvalue weighted by Gasteiger charge is -2.10. The van der Waals surface area contributed by atoms with Crippen LogP contribution in [0.2, 0.25) is 0 Å². The van der Waals surface area contributed by atoms with Crippen molar-refractivity contribution < 1.29 is 14.3 Å². The number of benzene rings is 1. The van der Waals surface area contributed by atoms with Crippen molar-refractivity contribution in [1.82, 2.24) is 29.6 Å². The quantitative estimate of drug-likeness (QED) is 0.488. The number of hydrogen-bond donors (Lipinski definition) is 1. The second-order valence-corrected chi connectivity index (χ2v) is 7.04. The van der Waals surface area contributed by atoms with Crippen molar-refractivity contribution in [2.75, 3.05) is 19.5 Å². The minimum atomic E-state index is -0.106. The molecule has 1 amide bonds.